The van der Waals surface area contributed by atoms with E-state index in [2.05, 4.69) is 5.32 Å². The largest absolute Gasteiger partial charge is 0.396 e. The number of benzene rings is 3. The van der Waals surface area contributed by atoms with Crippen LogP contribution in [-0.4, -0.2) is 34.0 Å². The number of fused-ring (bicyclic) bond motifs is 5. The predicted molar refractivity (Wildman–Crippen MR) is 122 cm³/mol. The van der Waals surface area contributed by atoms with Crippen LogP contribution in [0.4, 0.5) is 0 Å². The molecule has 5 rings (SSSR count). The van der Waals surface area contributed by atoms with Crippen molar-refractivity contribution < 1.29 is 19.5 Å². The van der Waals surface area contributed by atoms with Gasteiger partial charge in [-0.25, -0.2) is 0 Å². The molecule has 7 nitrogen and oxygen atoms in total. The highest BCUT2D eigenvalue weighted by Crippen LogP contribution is 2.42. The molecule has 32 heavy (non-hydrogen) atoms. The summed E-state index contributed by atoms with van der Waals surface area (Å²) in [5, 5.41) is 13.5. The van der Waals surface area contributed by atoms with Crippen molar-refractivity contribution in [2.24, 2.45) is 5.73 Å². The fraction of sp³-hybridized carbons (Fsp3) is 0.125. The first-order valence-electron chi connectivity index (χ1n) is 10.1. The molecule has 1 aromatic heterocycles. The van der Waals surface area contributed by atoms with Crippen molar-refractivity contribution in [3.8, 4) is 11.1 Å². The number of amides is 3. The van der Waals surface area contributed by atoms with Gasteiger partial charge in [-0.3, -0.25) is 19.7 Å². The third-order valence-electron chi connectivity index (χ3n) is 5.82. The van der Waals surface area contributed by atoms with Crippen LogP contribution in [0.1, 0.15) is 37.5 Å². The molecule has 4 aromatic rings. The summed E-state index contributed by atoms with van der Waals surface area (Å²) in [6.07, 6.45) is 0.486. The van der Waals surface area contributed by atoms with E-state index in [0.717, 1.165) is 5.52 Å². The lowest BCUT2D eigenvalue weighted by atomic mass is 9.92. The van der Waals surface area contributed by atoms with Crippen LogP contribution in [-0.2, 0) is 6.54 Å². The number of imide groups is 1. The fourth-order valence-corrected chi connectivity index (χ4v) is 4.70. The molecule has 0 bridgehead atoms. The summed E-state index contributed by atoms with van der Waals surface area (Å²) in [7, 11) is 0. The molecule has 0 unspecified atom stereocenters. The maximum atomic E-state index is 12.9. The van der Waals surface area contributed by atoms with Gasteiger partial charge in [0, 0.05) is 45.6 Å². The number of nitrogens with zero attached hydrogens (tertiary/aromatic N) is 1. The lowest BCUT2D eigenvalue weighted by molar-refractivity contribution is 0.0879. The van der Waals surface area contributed by atoms with Crippen molar-refractivity contribution >= 4 is 51.1 Å². The Bertz CT molecular complexity index is 1470. The maximum Gasteiger partial charge on any atom is 0.259 e. The zero-order valence-electron chi connectivity index (χ0n) is 16.8. The van der Waals surface area contributed by atoms with Gasteiger partial charge >= 0.3 is 0 Å². The Morgan fingerprint density at radius 1 is 1.00 bits per heavy atom. The normalized spacial score (nSPS) is 13.1. The molecule has 8 heteroatoms. The van der Waals surface area contributed by atoms with Gasteiger partial charge in [0.25, 0.3) is 11.8 Å². The summed E-state index contributed by atoms with van der Waals surface area (Å²) in [5.74, 6) is -1.59. The van der Waals surface area contributed by atoms with Crippen LogP contribution in [0.3, 0.4) is 0 Å². The number of nitrogens with one attached hydrogen (secondary N) is 1. The van der Waals surface area contributed by atoms with Gasteiger partial charge in [-0.2, -0.15) is 0 Å². The summed E-state index contributed by atoms with van der Waals surface area (Å²) in [6.45, 7) is 0.463. The second-order valence-corrected chi connectivity index (χ2v) is 8.06. The molecular formula is C24H18ClN3O4. The molecule has 3 aromatic carbocycles. The van der Waals surface area contributed by atoms with Gasteiger partial charge in [-0.1, -0.05) is 29.8 Å². The molecule has 3 amide bonds. The van der Waals surface area contributed by atoms with E-state index in [4.69, 9.17) is 17.3 Å². The standard InChI is InChI=1S/C24H18ClN3O4/c25-16-5-2-1-4-13(16)14-11-18-19(21-20(14)23(31)27-24(21)32)15-10-12(22(26)30)6-7-17(15)28(18)8-3-9-29/h1-2,4-7,10-11,29H,3,8-9H2,(H2,26,30)(H,27,31,32). The van der Waals surface area contributed by atoms with Crippen LogP contribution in [0.25, 0.3) is 32.9 Å². The van der Waals surface area contributed by atoms with Gasteiger partial charge in [-0.15, -0.1) is 0 Å². The van der Waals surface area contributed by atoms with E-state index in [1.165, 1.54) is 0 Å². The lowest BCUT2D eigenvalue weighted by Crippen LogP contribution is -2.20. The molecule has 0 aliphatic carbocycles. The molecule has 1 aliphatic rings. The molecule has 4 N–H and O–H groups in total. The predicted octanol–water partition coefficient (Wildman–Crippen LogP) is 3.48. The number of aromatic nitrogens is 1. The van der Waals surface area contributed by atoms with Crippen LogP contribution < -0.4 is 11.1 Å². The number of aliphatic hydroxyl groups excluding tert-OH is 1. The second kappa shape index (κ2) is 7.47. The number of rotatable bonds is 5. The summed E-state index contributed by atoms with van der Waals surface area (Å²) < 4.78 is 1.97. The van der Waals surface area contributed by atoms with Crippen molar-refractivity contribution in [1.29, 1.82) is 0 Å². The minimum Gasteiger partial charge on any atom is -0.396 e. The van der Waals surface area contributed by atoms with Gasteiger partial charge in [0.15, 0.2) is 0 Å². The average Bonchev–Trinajstić information content (AvgIpc) is 3.25. The molecular weight excluding hydrogens is 430 g/mol. The summed E-state index contributed by atoms with van der Waals surface area (Å²) in [5.41, 5.74) is 8.93. The average molecular weight is 448 g/mol. The number of nitrogens with two attached hydrogens (primary N) is 1. The van der Waals surface area contributed by atoms with Crippen LogP contribution >= 0.6 is 11.6 Å². The zero-order chi connectivity index (χ0) is 22.6. The number of carbonyl (C=O) groups excluding carboxylic acids is 3. The van der Waals surface area contributed by atoms with E-state index in [-0.39, 0.29) is 17.7 Å². The molecule has 0 atom stereocenters. The first-order valence-corrected chi connectivity index (χ1v) is 10.4. The number of aliphatic hydroxyl groups is 1. The molecule has 160 valence electrons. The zero-order valence-corrected chi connectivity index (χ0v) is 17.6. The van der Waals surface area contributed by atoms with Crippen molar-refractivity contribution in [2.75, 3.05) is 6.61 Å². The number of aryl methyl sites for hydroxylation is 1. The number of hydrogen-bond donors (Lipinski definition) is 3. The molecule has 0 saturated heterocycles. The maximum absolute atomic E-state index is 12.9. The van der Waals surface area contributed by atoms with Crippen molar-refractivity contribution in [1.82, 2.24) is 9.88 Å². The smallest absolute Gasteiger partial charge is 0.259 e. The Hall–Kier alpha value is -3.68. The number of carbonyl (C=O) groups is 3. The summed E-state index contributed by atoms with van der Waals surface area (Å²) in [4.78, 5) is 37.6. The minimum atomic E-state index is -0.590. The first-order chi connectivity index (χ1) is 15.4. The van der Waals surface area contributed by atoms with Gasteiger partial charge in [0.2, 0.25) is 5.91 Å². The Labute approximate surface area is 187 Å². The van der Waals surface area contributed by atoms with Crippen molar-refractivity contribution in [2.45, 2.75) is 13.0 Å². The molecule has 0 saturated carbocycles. The van der Waals surface area contributed by atoms with Crippen molar-refractivity contribution in [3.05, 3.63) is 70.2 Å². The van der Waals surface area contributed by atoms with Crippen LogP contribution in [0, 0.1) is 0 Å². The number of primary amides is 1. The van der Waals surface area contributed by atoms with E-state index >= 15 is 0 Å². The lowest BCUT2D eigenvalue weighted by Gasteiger charge is -2.12. The third kappa shape index (κ3) is 2.90. The van der Waals surface area contributed by atoms with Gasteiger partial charge in [0.05, 0.1) is 16.6 Å². The highest BCUT2D eigenvalue weighted by Gasteiger charge is 2.35. The highest BCUT2D eigenvalue weighted by atomic mass is 35.5. The third-order valence-corrected chi connectivity index (χ3v) is 6.15. The number of hydrogen-bond acceptors (Lipinski definition) is 4. The van der Waals surface area contributed by atoms with E-state index in [1.54, 1.807) is 36.4 Å². The van der Waals surface area contributed by atoms with Crippen LogP contribution in [0.2, 0.25) is 5.02 Å². The van der Waals surface area contributed by atoms with E-state index < -0.39 is 17.7 Å². The van der Waals surface area contributed by atoms with Gasteiger partial charge in [-0.05, 0) is 42.3 Å². The molecule has 0 fully saturated rings. The van der Waals surface area contributed by atoms with Gasteiger partial charge < -0.3 is 15.4 Å². The van der Waals surface area contributed by atoms with E-state index in [9.17, 15) is 19.5 Å². The highest BCUT2D eigenvalue weighted by molar-refractivity contribution is 6.36. The van der Waals surface area contributed by atoms with E-state index in [0.29, 0.717) is 51.0 Å². The Balaban J connectivity index is 1.98. The summed E-state index contributed by atoms with van der Waals surface area (Å²) >= 11 is 6.45. The topological polar surface area (TPSA) is 114 Å². The van der Waals surface area contributed by atoms with Crippen molar-refractivity contribution in [3.63, 3.8) is 0 Å². The molecule has 0 spiro atoms. The van der Waals surface area contributed by atoms with Crippen LogP contribution in [0.5, 0.6) is 0 Å². The quantitative estimate of drug-likeness (QED) is 0.406. The Morgan fingerprint density at radius 2 is 1.75 bits per heavy atom. The SMILES string of the molecule is NC(=O)c1ccc2c(c1)c1c3c(c(-c4ccccc4Cl)cc1n2CCCO)C(=O)NC3=O. The summed E-state index contributed by atoms with van der Waals surface area (Å²) in [6, 6.07) is 14.0. The minimum absolute atomic E-state index is 0.0121. The Morgan fingerprint density at radius 3 is 2.47 bits per heavy atom. The van der Waals surface area contributed by atoms with Gasteiger partial charge in [0.1, 0.15) is 0 Å². The second-order valence-electron chi connectivity index (χ2n) is 7.66. The molecule has 1 aliphatic heterocycles. The number of halogens is 1. The molecule has 0 radical (unpaired) electrons. The fourth-order valence-electron chi connectivity index (χ4n) is 4.46. The first kappa shape index (κ1) is 20.2. The molecule has 2 heterocycles. The monoisotopic (exact) mass is 447 g/mol. The van der Waals surface area contributed by atoms with E-state index in [1.807, 2.05) is 16.7 Å². The Kier molecular flexibility index (Phi) is 4.73. The van der Waals surface area contributed by atoms with Crippen LogP contribution in [0.15, 0.2) is 48.5 Å².